The third kappa shape index (κ3) is 1.88. The lowest BCUT2D eigenvalue weighted by Gasteiger charge is -2.05. The Morgan fingerprint density at radius 3 is 2.62 bits per heavy atom. The van der Waals surface area contributed by atoms with Crippen molar-refractivity contribution in [3.63, 3.8) is 0 Å². The van der Waals surface area contributed by atoms with Crippen LogP contribution in [0.5, 0.6) is 0 Å². The highest BCUT2D eigenvalue weighted by molar-refractivity contribution is 6.09. The number of nitrogens with zero attached hydrogens (tertiary/aromatic N) is 3. The van der Waals surface area contributed by atoms with E-state index in [9.17, 15) is 0 Å². The molecule has 0 amide bonds. The predicted molar refractivity (Wildman–Crippen MR) is 108 cm³/mol. The molecule has 0 N–H and O–H groups in total. The molecule has 0 atom stereocenters. The molecule has 3 heterocycles. The van der Waals surface area contributed by atoms with Crippen molar-refractivity contribution in [2.45, 2.75) is 26.7 Å². The van der Waals surface area contributed by atoms with Gasteiger partial charge in [-0.3, -0.25) is 4.98 Å². The van der Waals surface area contributed by atoms with Crippen LogP contribution in [0.2, 0.25) is 0 Å². The van der Waals surface area contributed by atoms with E-state index >= 15 is 0 Å². The van der Waals surface area contributed by atoms with Gasteiger partial charge in [0.1, 0.15) is 5.52 Å². The van der Waals surface area contributed by atoms with Crippen LogP contribution < -0.4 is 4.40 Å². The average Bonchev–Trinajstić information content (AvgIpc) is 2.94. The molecule has 0 aliphatic carbocycles. The Morgan fingerprint density at radius 1 is 1.00 bits per heavy atom. The maximum atomic E-state index is 4.75. The van der Waals surface area contributed by atoms with E-state index in [0.29, 0.717) is 5.92 Å². The van der Waals surface area contributed by atoms with E-state index in [-0.39, 0.29) is 0 Å². The second-order valence-corrected chi connectivity index (χ2v) is 7.49. The zero-order valence-corrected chi connectivity index (χ0v) is 15.6. The van der Waals surface area contributed by atoms with Crippen LogP contribution in [-0.4, -0.2) is 9.55 Å². The largest absolute Gasteiger partial charge is 0.297 e. The minimum atomic E-state index is 0.513. The van der Waals surface area contributed by atoms with Gasteiger partial charge in [0.2, 0.25) is 0 Å². The van der Waals surface area contributed by atoms with Crippen molar-refractivity contribution >= 4 is 38.5 Å². The third-order valence-electron chi connectivity index (χ3n) is 5.58. The molecule has 2 aromatic carbocycles. The van der Waals surface area contributed by atoms with Gasteiger partial charge < -0.3 is 0 Å². The van der Waals surface area contributed by atoms with Crippen molar-refractivity contribution in [3.8, 4) is 0 Å². The molecule has 0 fully saturated rings. The Labute approximate surface area is 152 Å². The Kier molecular flexibility index (Phi) is 3.11. The van der Waals surface area contributed by atoms with Crippen LogP contribution in [0.15, 0.2) is 54.7 Å². The monoisotopic (exact) mass is 340 g/mol. The summed E-state index contributed by atoms with van der Waals surface area (Å²) in [6.07, 6.45) is 1.92. The molecule has 5 aromatic rings. The molecular weight excluding hydrogens is 318 g/mol. The standard InChI is InChI=1S/C23H22N3/c1-14(2)16-9-10-19-20(13-16)25(4)23-21-15(3)11-12-24-22(21)17-7-5-6-8-18(17)26(19)23/h5-14H,1-4H3/q+1. The summed E-state index contributed by atoms with van der Waals surface area (Å²) >= 11 is 0. The summed E-state index contributed by atoms with van der Waals surface area (Å²) < 4.78 is 4.72. The number of hydrogen-bond donors (Lipinski definition) is 0. The number of benzene rings is 2. The van der Waals surface area contributed by atoms with Gasteiger partial charge in [0.05, 0.1) is 18.0 Å². The van der Waals surface area contributed by atoms with Crippen molar-refractivity contribution < 1.29 is 4.40 Å². The number of fused-ring (bicyclic) bond motifs is 8. The fourth-order valence-electron chi connectivity index (χ4n) is 4.17. The van der Waals surface area contributed by atoms with Crippen LogP contribution in [0.1, 0.15) is 30.9 Å². The fourth-order valence-corrected chi connectivity index (χ4v) is 4.17. The highest BCUT2D eigenvalue weighted by Gasteiger charge is 2.24. The summed E-state index contributed by atoms with van der Waals surface area (Å²) in [4.78, 5) is 4.75. The third-order valence-corrected chi connectivity index (χ3v) is 5.58. The molecular formula is C23H22N3+. The van der Waals surface area contributed by atoms with Crippen molar-refractivity contribution in [2.75, 3.05) is 0 Å². The maximum Gasteiger partial charge on any atom is 0.297 e. The molecule has 128 valence electrons. The van der Waals surface area contributed by atoms with Crippen molar-refractivity contribution in [2.24, 2.45) is 7.05 Å². The Bertz CT molecular complexity index is 1330. The molecule has 0 unspecified atom stereocenters. The Balaban J connectivity index is 2.16. The second-order valence-electron chi connectivity index (χ2n) is 7.49. The van der Waals surface area contributed by atoms with Crippen LogP contribution >= 0.6 is 0 Å². The number of pyridine rings is 2. The molecule has 3 aromatic heterocycles. The van der Waals surface area contributed by atoms with Gasteiger partial charge in [0.25, 0.3) is 5.65 Å². The summed E-state index contributed by atoms with van der Waals surface area (Å²) in [5, 5.41) is 2.43. The van der Waals surface area contributed by atoms with E-state index in [1.165, 1.54) is 44.1 Å². The molecule has 3 heteroatoms. The van der Waals surface area contributed by atoms with Crippen molar-refractivity contribution in [1.82, 2.24) is 9.55 Å². The smallest absolute Gasteiger partial charge is 0.255 e. The average molecular weight is 340 g/mol. The number of rotatable bonds is 1. The molecule has 0 bridgehead atoms. The van der Waals surface area contributed by atoms with Crippen molar-refractivity contribution in [3.05, 3.63) is 65.9 Å². The zero-order chi connectivity index (χ0) is 18.0. The minimum Gasteiger partial charge on any atom is -0.255 e. The van der Waals surface area contributed by atoms with Gasteiger partial charge in [-0.2, -0.15) is 4.40 Å². The molecule has 0 aliphatic rings. The van der Waals surface area contributed by atoms with Crippen LogP contribution in [0, 0.1) is 6.92 Å². The van der Waals surface area contributed by atoms with E-state index < -0.39 is 0 Å². The first-order valence-corrected chi connectivity index (χ1v) is 9.18. The van der Waals surface area contributed by atoms with Crippen LogP contribution in [0.25, 0.3) is 38.5 Å². The summed E-state index contributed by atoms with van der Waals surface area (Å²) in [5.41, 5.74) is 8.62. The zero-order valence-electron chi connectivity index (χ0n) is 15.6. The van der Waals surface area contributed by atoms with Gasteiger partial charge in [0, 0.05) is 11.6 Å². The molecule has 26 heavy (non-hydrogen) atoms. The molecule has 0 aliphatic heterocycles. The topological polar surface area (TPSA) is 21.9 Å². The maximum absolute atomic E-state index is 4.75. The van der Waals surface area contributed by atoms with Crippen LogP contribution in [0.3, 0.4) is 0 Å². The lowest BCUT2D eigenvalue weighted by atomic mass is 10.0. The van der Waals surface area contributed by atoms with Gasteiger partial charge in [-0.1, -0.05) is 32.0 Å². The number of hydrogen-bond acceptors (Lipinski definition) is 1. The van der Waals surface area contributed by atoms with E-state index in [0.717, 1.165) is 5.52 Å². The first-order chi connectivity index (χ1) is 12.6. The predicted octanol–water partition coefficient (Wildman–Crippen LogP) is 5.05. The molecule has 0 saturated carbocycles. The van der Waals surface area contributed by atoms with Crippen molar-refractivity contribution in [1.29, 1.82) is 0 Å². The molecule has 0 spiro atoms. The normalized spacial score (nSPS) is 12.2. The quantitative estimate of drug-likeness (QED) is 0.309. The Hall–Kier alpha value is -2.94. The van der Waals surface area contributed by atoms with E-state index in [2.05, 4.69) is 85.3 Å². The molecule has 3 nitrogen and oxygen atoms in total. The highest BCUT2D eigenvalue weighted by atomic mass is 15.1. The SMILES string of the molecule is Cc1ccnc2c3ccccc3[n+]3c4ccc(C(C)C)cc4n(C)c3c12. The Morgan fingerprint density at radius 2 is 1.81 bits per heavy atom. The van der Waals surface area contributed by atoms with E-state index in [1.54, 1.807) is 0 Å². The molecule has 0 radical (unpaired) electrons. The van der Waals surface area contributed by atoms with Gasteiger partial charge in [-0.05, 0) is 54.3 Å². The summed E-state index contributed by atoms with van der Waals surface area (Å²) in [6, 6.07) is 17.5. The summed E-state index contributed by atoms with van der Waals surface area (Å²) in [7, 11) is 2.17. The lowest BCUT2D eigenvalue weighted by molar-refractivity contribution is -0.449. The van der Waals surface area contributed by atoms with Gasteiger partial charge in [0.15, 0.2) is 11.0 Å². The number of aryl methyl sites for hydroxylation is 2. The number of para-hydroxylation sites is 1. The summed E-state index contributed by atoms with van der Waals surface area (Å²) in [6.45, 7) is 6.67. The highest BCUT2D eigenvalue weighted by Crippen LogP contribution is 2.30. The minimum absolute atomic E-state index is 0.513. The summed E-state index contributed by atoms with van der Waals surface area (Å²) in [5.74, 6) is 0.513. The number of aromatic nitrogens is 3. The van der Waals surface area contributed by atoms with E-state index in [4.69, 9.17) is 4.98 Å². The fraction of sp³-hybridized carbons (Fsp3) is 0.217. The molecule has 0 saturated heterocycles. The van der Waals surface area contributed by atoms with Crippen LogP contribution in [-0.2, 0) is 7.05 Å². The molecule has 5 rings (SSSR count). The van der Waals surface area contributed by atoms with Gasteiger partial charge in [-0.15, -0.1) is 0 Å². The number of imidazole rings is 1. The first kappa shape index (κ1) is 15.3. The lowest BCUT2D eigenvalue weighted by Crippen LogP contribution is -2.23. The van der Waals surface area contributed by atoms with Crippen LogP contribution in [0.4, 0.5) is 0 Å². The van der Waals surface area contributed by atoms with E-state index in [1.807, 2.05) is 6.20 Å². The second kappa shape index (κ2) is 5.28. The first-order valence-electron chi connectivity index (χ1n) is 9.18. The van der Waals surface area contributed by atoms with Gasteiger partial charge >= 0.3 is 0 Å². The van der Waals surface area contributed by atoms with Gasteiger partial charge in [-0.25, -0.2) is 4.57 Å².